The zero-order chi connectivity index (χ0) is 11.7. The van der Waals surface area contributed by atoms with E-state index in [4.69, 9.17) is 0 Å². The van der Waals surface area contributed by atoms with Gasteiger partial charge in [0.15, 0.2) is 0 Å². The van der Waals surface area contributed by atoms with Crippen LogP contribution in [0.2, 0.25) is 0 Å². The summed E-state index contributed by atoms with van der Waals surface area (Å²) in [5, 5.41) is 2.99. The number of nitrogens with one attached hydrogen (secondary N) is 1. The van der Waals surface area contributed by atoms with Crippen LogP contribution in [0, 0.1) is 0 Å². The Morgan fingerprint density at radius 2 is 1.93 bits per heavy atom. The SMILES string of the molecule is CCCCCCC(C)NC(=O)N(C)CC. The third-order valence-corrected chi connectivity index (χ3v) is 2.68. The van der Waals surface area contributed by atoms with Gasteiger partial charge >= 0.3 is 6.03 Å². The van der Waals surface area contributed by atoms with Crippen LogP contribution in [0.15, 0.2) is 0 Å². The predicted octanol–water partition coefficient (Wildman–Crippen LogP) is 3.01. The van der Waals surface area contributed by atoms with Gasteiger partial charge in [0.25, 0.3) is 0 Å². The lowest BCUT2D eigenvalue weighted by Crippen LogP contribution is -2.41. The highest BCUT2D eigenvalue weighted by atomic mass is 16.2. The molecule has 1 N–H and O–H groups in total. The van der Waals surface area contributed by atoms with Crippen LogP contribution >= 0.6 is 0 Å². The standard InChI is InChI=1S/C12H26N2O/c1-5-7-8-9-10-11(3)13-12(15)14(4)6-2/h11H,5-10H2,1-4H3,(H,13,15). The lowest BCUT2D eigenvalue weighted by molar-refractivity contribution is 0.207. The Kier molecular flexibility index (Phi) is 8.15. The van der Waals surface area contributed by atoms with Crippen molar-refractivity contribution in [1.82, 2.24) is 10.2 Å². The Morgan fingerprint density at radius 3 is 2.47 bits per heavy atom. The Hall–Kier alpha value is -0.730. The van der Waals surface area contributed by atoms with Crippen LogP contribution < -0.4 is 5.32 Å². The fourth-order valence-corrected chi connectivity index (χ4v) is 1.41. The predicted molar refractivity (Wildman–Crippen MR) is 65.1 cm³/mol. The highest BCUT2D eigenvalue weighted by Gasteiger charge is 2.09. The summed E-state index contributed by atoms with van der Waals surface area (Å²) in [6, 6.07) is 0.337. The van der Waals surface area contributed by atoms with Crippen molar-refractivity contribution < 1.29 is 4.79 Å². The maximum absolute atomic E-state index is 11.5. The van der Waals surface area contributed by atoms with Crippen LogP contribution in [-0.2, 0) is 0 Å². The van der Waals surface area contributed by atoms with Gasteiger partial charge in [-0.2, -0.15) is 0 Å². The van der Waals surface area contributed by atoms with Gasteiger partial charge in [0, 0.05) is 19.6 Å². The average molecular weight is 214 g/mol. The van der Waals surface area contributed by atoms with Crippen molar-refractivity contribution in [3.05, 3.63) is 0 Å². The number of hydrogen-bond donors (Lipinski definition) is 1. The maximum atomic E-state index is 11.5. The molecular formula is C12H26N2O. The van der Waals surface area contributed by atoms with E-state index in [0.717, 1.165) is 13.0 Å². The number of rotatable bonds is 7. The van der Waals surface area contributed by atoms with E-state index in [1.807, 2.05) is 14.0 Å². The normalized spacial score (nSPS) is 12.3. The first kappa shape index (κ1) is 14.3. The van der Waals surface area contributed by atoms with Gasteiger partial charge in [0.1, 0.15) is 0 Å². The fourth-order valence-electron chi connectivity index (χ4n) is 1.41. The van der Waals surface area contributed by atoms with Crippen molar-refractivity contribution in [1.29, 1.82) is 0 Å². The minimum absolute atomic E-state index is 0.0421. The molecule has 0 fully saturated rings. The Bertz CT molecular complexity index is 171. The number of hydrogen-bond acceptors (Lipinski definition) is 1. The molecule has 2 amide bonds. The number of urea groups is 1. The van der Waals surface area contributed by atoms with Gasteiger partial charge < -0.3 is 10.2 Å². The van der Waals surface area contributed by atoms with E-state index in [-0.39, 0.29) is 6.03 Å². The van der Waals surface area contributed by atoms with E-state index in [2.05, 4.69) is 19.2 Å². The molecule has 0 spiro atoms. The third-order valence-electron chi connectivity index (χ3n) is 2.68. The molecule has 0 aliphatic rings. The summed E-state index contributed by atoms with van der Waals surface area (Å²) >= 11 is 0. The molecule has 0 saturated carbocycles. The Morgan fingerprint density at radius 1 is 1.27 bits per heavy atom. The summed E-state index contributed by atoms with van der Waals surface area (Å²) < 4.78 is 0. The van der Waals surface area contributed by atoms with E-state index < -0.39 is 0 Å². The largest absolute Gasteiger partial charge is 0.336 e. The number of unbranched alkanes of at least 4 members (excludes halogenated alkanes) is 3. The van der Waals surface area contributed by atoms with Gasteiger partial charge in [-0.15, -0.1) is 0 Å². The molecule has 0 aliphatic heterocycles. The molecule has 0 aromatic rings. The molecule has 0 radical (unpaired) electrons. The molecular weight excluding hydrogens is 188 g/mol. The summed E-state index contributed by atoms with van der Waals surface area (Å²) in [5.41, 5.74) is 0. The molecule has 3 nitrogen and oxygen atoms in total. The zero-order valence-corrected chi connectivity index (χ0v) is 10.7. The molecule has 3 heteroatoms. The van der Waals surface area contributed by atoms with Crippen LogP contribution in [0.1, 0.15) is 52.9 Å². The highest BCUT2D eigenvalue weighted by molar-refractivity contribution is 5.74. The van der Waals surface area contributed by atoms with E-state index in [0.29, 0.717) is 6.04 Å². The minimum atomic E-state index is 0.0421. The molecule has 0 saturated heterocycles. The van der Waals surface area contributed by atoms with Crippen molar-refractivity contribution in [3.63, 3.8) is 0 Å². The molecule has 0 rings (SSSR count). The van der Waals surface area contributed by atoms with Crippen LogP contribution in [0.4, 0.5) is 4.79 Å². The molecule has 15 heavy (non-hydrogen) atoms. The first-order valence-electron chi connectivity index (χ1n) is 6.13. The molecule has 0 aromatic carbocycles. The summed E-state index contributed by atoms with van der Waals surface area (Å²) in [5.74, 6) is 0. The Balaban J connectivity index is 3.55. The van der Waals surface area contributed by atoms with E-state index in [9.17, 15) is 4.79 Å². The van der Waals surface area contributed by atoms with Gasteiger partial charge in [-0.25, -0.2) is 4.79 Å². The van der Waals surface area contributed by atoms with Crippen LogP contribution in [0.5, 0.6) is 0 Å². The number of carbonyl (C=O) groups excluding carboxylic acids is 1. The molecule has 0 heterocycles. The zero-order valence-electron chi connectivity index (χ0n) is 10.7. The van der Waals surface area contributed by atoms with Crippen molar-refractivity contribution in [2.75, 3.05) is 13.6 Å². The van der Waals surface area contributed by atoms with E-state index in [1.165, 1.54) is 25.7 Å². The van der Waals surface area contributed by atoms with Gasteiger partial charge in [0.05, 0.1) is 0 Å². The quantitative estimate of drug-likeness (QED) is 0.649. The molecule has 1 atom stereocenters. The molecule has 1 unspecified atom stereocenters. The van der Waals surface area contributed by atoms with Crippen LogP contribution in [0.3, 0.4) is 0 Å². The van der Waals surface area contributed by atoms with E-state index in [1.54, 1.807) is 4.90 Å². The Labute approximate surface area is 94.2 Å². The number of nitrogens with zero attached hydrogens (tertiary/aromatic N) is 1. The van der Waals surface area contributed by atoms with Gasteiger partial charge in [-0.05, 0) is 20.3 Å². The summed E-state index contributed by atoms with van der Waals surface area (Å²) in [6.45, 7) is 7.02. The smallest absolute Gasteiger partial charge is 0.317 e. The minimum Gasteiger partial charge on any atom is -0.336 e. The molecule has 0 aliphatic carbocycles. The van der Waals surface area contributed by atoms with Crippen molar-refractivity contribution >= 4 is 6.03 Å². The van der Waals surface area contributed by atoms with Crippen LogP contribution in [-0.4, -0.2) is 30.6 Å². The number of amides is 2. The second-order valence-corrected chi connectivity index (χ2v) is 4.21. The fraction of sp³-hybridized carbons (Fsp3) is 0.917. The van der Waals surface area contributed by atoms with Gasteiger partial charge in [-0.3, -0.25) is 0 Å². The average Bonchev–Trinajstić information content (AvgIpc) is 2.23. The van der Waals surface area contributed by atoms with E-state index >= 15 is 0 Å². The highest BCUT2D eigenvalue weighted by Crippen LogP contribution is 2.05. The first-order chi connectivity index (χ1) is 7.11. The van der Waals surface area contributed by atoms with Crippen LogP contribution in [0.25, 0.3) is 0 Å². The second-order valence-electron chi connectivity index (χ2n) is 4.21. The monoisotopic (exact) mass is 214 g/mol. The first-order valence-corrected chi connectivity index (χ1v) is 6.13. The number of carbonyl (C=O) groups is 1. The lowest BCUT2D eigenvalue weighted by atomic mass is 10.1. The second kappa shape index (κ2) is 8.57. The molecule has 0 aromatic heterocycles. The van der Waals surface area contributed by atoms with Crippen molar-refractivity contribution in [2.24, 2.45) is 0 Å². The topological polar surface area (TPSA) is 32.3 Å². The molecule has 0 bridgehead atoms. The van der Waals surface area contributed by atoms with Crippen molar-refractivity contribution in [3.8, 4) is 0 Å². The lowest BCUT2D eigenvalue weighted by Gasteiger charge is -2.19. The maximum Gasteiger partial charge on any atom is 0.317 e. The molecule has 90 valence electrons. The summed E-state index contributed by atoms with van der Waals surface area (Å²) in [6.07, 6.45) is 6.14. The van der Waals surface area contributed by atoms with Gasteiger partial charge in [0.2, 0.25) is 0 Å². The van der Waals surface area contributed by atoms with Crippen molar-refractivity contribution in [2.45, 2.75) is 58.9 Å². The van der Waals surface area contributed by atoms with Gasteiger partial charge in [-0.1, -0.05) is 32.6 Å². The third kappa shape index (κ3) is 7.23. The summed E-state index contributed by atoms with van der Waals surface area (Å²) in [7, 11) is 1.82. The summed E-state index contributed by atoms with van der Waals surface area (Å²) in [4.78, 5) is 13.2.